The van der Waals surface area contributed by atoms with E-state index >= 15 is 0 Å². The number of hydrogen-bond donors (Lipinski definition) is 0. The van der Waals surface area contributed by atoms with Crippen molar-refractivity contribution in [1.29, 1.82) is 0 Å². The molecule has 0 saturated heterocycles. The molecule has 206 valence electrons. The van der Waals surface area contributed by atoms with Gasteiger partial charge in [-0.1, -0.05) is 132 Å². The van der Waals surface area contributed by atoms with Crippen LogP contribution >= 0.6 is 0 Å². The maximum atomic E-state index is 2.41. The normalized spacial score (nSPS) is 12.1. The van der Waals surface area contributed by atoms with Gasteiger partial charge in [-0.2, -0.15) is 0 Å². The van der Waals surface area contributed by atoms with Gasteiger partial charge in [0.05, 0.1) is 0 Å². The third kappa shape index (κ3) is 3.97. The van der Waals surface area contributed by atoms with Crippen LogP contribution in [0.15, 0.2) is 121 Å². The van der Waals surface area contributed by atoms with Crippen molar-refractivity contribution in [1.82, 2.24) is 0 Å². The molecule has 0 atom stereocenters. The van der Waals surface area contributed by atoms with E-state index in [0.717, 1.165) is 6.42 Å². The Kier molecular flexibility index (Phi) is 5.88. The molecule has 0 amide bonds. The quantitative estimate of drug-likeness (QED) is 0.192. The van der Waals surface area contributed by atoms with Gasteiger partial charge in [0.25, 0.3) is 0 Å². The molecule has 0 bridgehead atoms. The van der Waals surface area contributed by atoms with Crippen LogP contribution in [-0.4, -0.2) is 0 Å². The highest BCUT2D eigenvalue weighted by molar-refractivity contribution is 6.22. The SMILES string of the molecule is Cc1ccc2c(-c3cccc4c3Cc3ccccc3-4)c3cc(C)ccc3c(-c3cccc(-c4ccccc4C)c3C)c2c1. The van der Waals surface area contributed by atoms with Crippen LogP contribution in [0.4, 0.5) is 0 Å². The molecular weight excluding hydrogens is 516 g/mol. The fourth-order valence-corrected chi connectivity index (χ4v) is 7.50. The lowest BCUT2D eigenvalue weighted by atomic mass is 9.81. The lowest BCUT2D eigenvalue weighted by Gasteiger charge is -2.22. The average molecular weight is 551 g/mol. The molecule has 0 aromatic heterocycles. The largest absolute Gasteiger partial charge is 0.0620 e. The zero-order chi connectivity index (χ0) is 29.2. The Balaban J connectivity index is 1.49. The van der Waals surface area contributed by atoms with Gasteiger partial charge in [0.2, 0.25) is 0 Å². The van der Waals surface area contributed by atoms with Crippen LogP contribution in [0.1, 0.15) is 33.4 Å². The lowest BCUT2D eigenvalue weighted by molar-refractivity contribution is 1.27. The summed E-state index contributed by atoms with van der Waals surface area (Å²) in [6, 6.07) is 45.5. The van der Waals surface area contributed by atoms with Crippen molar-refractivity contribution in [3.8, 4) is 44.5 Å². The summed E-state index contributed by atoms with van der Waals surface area (Å²) < 4.78 is 0. The summed E-state index contributed by atoms with van der Waals surface area (Å²) in [5, 5.41) is 5.29. The van der Waals surface area contributed by atoms with Crippen molar-refractivity contribution < 1.29 is 0 Å². The van der Waals surface area contributed by atoms with Crippen molar-refractivity contribution >= 4 is 21.5 Å². The molecule has 0 radical (unpaired) electrons. The van der Waals surface area contributed by atoms with E-state index in [-0.39, 0.29) is 0 Å². The second-order valence-electron chi connectivity index (χ2n) is 12.3. The molecule has 7 aromatic rings. The number of benzene rings is 7. The Bertz CT molecular complexity index is 2240. The van der Waals surface area contributed by atoms with Gasteiger partial charge < -0.3 is 0 Å². The molecule has 0 heterocycles. The zero-order valence-corrected chi connectivity index (χ0v) is 25.3. The number of fused-ring (bicyclic) bond motifs is 5. The lowest BCUT2D eigenvalue weighted by Crippen LogP contribution is -1.97. The van der Waals surface area contributed by atoms with Crippen LogP contribution < -0.4 is 0 Å². The second kappa shape index (κ2) is 9.82. The van der Waals surface area contributed by atoms with Crippen LogP contribution in [0.2, 0.25) is 0 Å². The van der Waals surface area contributed by atoms with E-state index < -0.39 is 0 Å². The smallest absolute Gasteiger partial charge is 0.000728 e. The van der Waals surface area contributed by atoms with Crippen LogP contribution in [0.25, 0.3) is 66.1 Å². The molecule has 0 N–H and O–H groups in total. The van der Waals surface area contributed by atoms with Crippen LogP contribution in [0.3, 0.4) is 0 Å². The Hall–Kier alpha value is -4.94. The van der Waals surface area contributed by atoms with Crippen molar-refractivity contribution in [2.24, 2.45) is 0 Å². The Morgan fingerprint density at radius 1 is 0.395 bits per heavy atom. The molecule has 0 saturated carbocycles. The van der Waals surface area contributed by atoms with E-state index in [1.165, 1.54) is 99.4 Å². The fourth-order valence-electron chi connectivity index (χ4n) is 7.50. The number of aryl methyl sites for hydroxylation is 3. The predicted octanol–water partition coefficient (Wildman–Crippen LogP) is 11.8. The van der Waals surface area contributed by atoms with Gasteiger partial charge in [0.1, 0.15) is 0 Å². The van der Waals surface area contributed by atoms with Crippen LogP contribution in [-0.2, 0) is 6.42 Å². The Morgan fingerprint density at radius 2 is 0.930 bits per heavy atom. The molecule has 43 heavy (non-hydrogen) atoms. The highest BCUT2D eigenvalue weighted by Crippen LogP contribution is 2.49. The summed E-state index contributed by atoms with van der Waals surface area (Å²) >= 11 is 0. The Morgan fingerprint density at radius 3 is 1.63 bits per heavy atom. The van der Waals surface area contributed by atoms with Gasteiger partial charge in [-0.05, 0) is 122 Å². The molecule has 0 fully saturated rings. The Labute approximate surface area is 254 Å². The van der Waals surface area contributed by atoms with Gasteiger partial charge in [-0.15, -0.1) is 0 Å². The molecule has 0 spiro atoms. The molecule has 1 aliphatic carbocycles. The molecule has 0 unspecified atom stereocenters. The molecule has 1 aliphatic rings. The van der Waals surface area contributed by atoms with E-state index in [9.17, 15) is 0 Å². The van der Waals surface area contributed by atoms with E-state index in [1.807, 2.05) is 0 Å². The van der Waals surface area contributed by atoms with Crippen molar-refractivity contribution in [2.45, 2.75) is 34.1 Å². The maximum absolute atomic E-state index is 2.41. The average Bonchev–Trinajstić information content (AvgIpc) is 3.40. The molecule has 0 aliphatic heterocycles. The minimum Gasteiger partial charge on any atom is -0.0620 e. The molecule has 0 nitrogen and oxygen atoms in total. The first kappa shape index (κ1) is 25.7. The third-order valence-corrected chi connectivity index (χ3v) is 9.59. The maximum Gasteiger partial charge on any atom is -0.000728 e. The summed E-state index contributed by atoms with van der Waals surface area (Å²) in [7, 11) is 0. The molecule has 7 aromatic carbocycles. The molecule has 0 heteroatoms. The van der Waals surface area contributed by atoms with Gasteiger partial charge in [-0.3, -0.25) is 0 Å². The number of rotatable bonds is 3. The zero-order valence-electron chi connectivity index (χ0n) is 25.3. The van der Waals surface area contributed by atoms with E-state index in [4.69, 9.17) is 0 Å². The third-order valence-electron chi connectivity index (χ3n) is 9.59. The van der Waals surface area contributed by atoms with E-state index in [0.29, 0.717) is 0 Å². The number of hydrogen-bond acceptors (Lipinski definition) is 0. The molecule has 8 rings (SSSR count). The first-order valence-electron chi connectivity index (χ1n) is 15.3. The van der Waals surface area contributed by atoms with Crippen molar-refractivity contribution in [3.63, 3.8) is 0 Å². The summed E-state index contributed by atoms with van der Waals surface area (Å²) in [6.07, 6.45) is 0.974. The monoisotopic (exact) mass is 550 g/mol. The second-order valence-corrected chi connectivity index (χ2v) is 12.3. The summed E-state index contributed by atoms with van der Waals surface area (Å²) in [5.74, 6) is 0. The summed E-state index contributed by atoms with van der Waals surface area (Å²) in [6.45, 7) is 8.95. The molecular formula is C43H34. The van der Waals surface area contributed by atoms with E-state index in [2.05, 4.69) is 149 Å². The first-order chi connectivity index (χ1) is 21.0. The standard InChI is InChI=1S/C43H34/c1-26-20-22-38-40(23-26)42(33-16-9-15-32(29(33)4)31-13-7-5-11-28(31)3)37-21-19-27(2)24-41(37)43(38)36-18-10-17-35-34-14-8-6-12-30(34)25-39(35)36/h5-24H,25H2,1-4H3. The van der Waals surface area contributed by atoms with Gasteiger partial charge in [0.15, 0.2) is 0 Å². The first-order valence-corrected chi connectivity index (χ1v) is 15.3. The van der Waals surface area contributed by atoms with Crippen molar-refractivity contribution in [2.75, 3.05) is 0 Å². The fraction of sp³-hybridized carbons (Fsp3) is 0.116. The van der Waals surface area contributed by atoms with Crippen LogP contribution in [0, 0.1) is 27.7 Å². The van der Waals surface area contributed by atoms with Gasteiger partial charge >= 0.3 is 0 Å². The predicted molar refractivity (Wildman–Crippen MR) is 185 cm³/mol. The highest BCUT2D eigenvalue weighted by Gasteiger charge is 2.25. The minimum absolute atomic E-state index is 0.974. The van der Waals surface area contributed by atoms with E-state index in [1.54, 1.807) is 0 Å². The van der Waals surface area contributed by atoms with Crippen molar-refractivity contribution in [3.05, 3.63) is 155 Å². The summed E-state index contributed by atoms with van der Waals surface area (Å²) in [5.41, 5.74) is 18.8. The highest BCUT2D eigenvalue weighted by atomic mass is 14.3. The minimum atomic E-state index is 0.974. The van der Waals surface area contributed by atoms with Gasteiger partial charge in [-0.25, -0.2) is 0 Å². The van der Waals surface area contributed by atoms with Crippen LogP contribution in [0.5, 0.6) is 0 Å². The summed E-state index contributed by atoms with van der Waals surface area (Å²) in [4.78, 5) is 0. The van der Waals surface area contributed by atoms with Gasteiger partial charge in [0, 0.05) is 0 Å². The topological polar surface area (TPSA) is 0 Å².